The molecule has 0 amide bonds. The van der Waals surface area contributed by atoms with E-state index in [2.05, 4.69) is 4.98 Å². The first kappa shape index (κ1) is 23.7. The van der Waals surface area contributed by atoms with Crippen LogP contribution in [0.5, 0.6) is 0 Å². The largest absolute Gasteiger partial charge is 0.477 e. The summed E-state index contributed by atoms with van der Waals surface area (Å²) in [6.07, 6.45) is 4.08. The second-order valence-corrected chi connectivity index (χ2v) is 11.3. The maximum atomic E-state index is 13.1. The number of pyridine rings is 1. The molecule has 0 aliphatic rings. The van der Waals surface area contributed by atoms with E-state index >= 15 is 0 Å². The molecule has 0 aliphatic heterocycles. The van der Waals surface area contributed by atoms with Gasteiger partial charge in [-0.15, -0.1) is 23.1 Å². The van der Waals surface area contributed by atoms with Crippen LogP contribution in [0.2, 0.25) is 5.02 Å². The SMILES string of the molecule is O=C(O)c1ccc(CCCN(CCSc2cccc(Cl)c2)S(=O)(=O)c2cccnc2)s1. The molecule has 2 aromatic heterocycles. The second-order valence-electron chi connectivity index (χ2n) is 6.57. The van der Waals surface area contributed by atoms with E-state index in [-0.39, 0.29) is 9.77 Å². The van der Waals surface area contributed by atoms with Gasteiger partial charge in [-0.2, -0.15) is 4.31 Å². The summed E-state index contributed by atoms with van der Waals surface area (Å²) in [5.74, 6) is -0.378. The Morgan fingerprint density at radius 1 is 1.16 bits per heavy atom. The Kier molecular flexibility index (Phi) is 8.50. The van der Waals surface area contributed by atoms with E-state index in [1.54, 1.807) is 36.0 Å². The fourth-order valence-electron chi connectivity index (χ4n) is 2.88. The van der Waals surface area contributed by atoms with E-state index in [0.717, 1.165) is 9.77 Å². The number of hydrogen-bond acceptors (Lipinski definition) is 6. The van der Waals surface area contributed by atoms with Gasteiger partial charge in [0.15, 0.2) is 0 Å². The topological polar surface area (TPSA) is 87.6 Å². The highest BCUT2D eigenvalue weighted by Crippen LogP contribution is 2.24. The third kappa shape index (κ3) is 6.78. The predicted molar refractivity (Wildman–Crippen MR) is 125 cm³/mol. The van der Waals surface area contributed by atoms with E-state index in [4.69, 9.17) is 16.7 Å². The first-order valence-electron chi connectivity index (χ1n) is 9.47. The summed E-state index contributed by atoms with van der Waals surface area (Å²) >= 11 is 8.78. The Hall–Kier alpha value is -1.91. The van der Waals surface area contributed by atoms with Gasteiger partial charge in [-0.25, -0.2) is 13.2 Å². The molecule has 0 atom stereocenters. The first-order valence-corrected chi connectivity index (χ1v) is 13.1. The number of thiophene rings is 1. The molecule has 1 N–H and O–H groups in total. The molecule has 0 unspecified atom stereocenters. The van der Waals surface area contributed by atoms with Crippen molar-refractivity contribution in [2.75, 3.05) is 18.8 Å². The molecule has 2 heterocycles. The van der Waals surface area contributed by atoms with Crippen LogP contribution < -0.4 is 0 Å². The highest BCUT2D eigenvalue weighted by molar-refractivity contribution is 7.99. The van der Waals surface area contributed by atoms with Crippen LogP contribution in [-0.2, 0) is 16.4 Å². The molecule has 31 heavy (non-hydrogen) atoms. The van der Waals surface area contributed by atoms with Crippen LogP contribution in [0.4, 0.5) is 0 Å². The molecule has 10 heteroatoms. The molecule has 6 nitrogen and oxygen atoms in total. The standard InChI is InChI=1S/C21H21ClN2O4S3/c22-16-4-1-5-18(14-16)29-13-12-24(31(27,28)19-7-2-10-23-15-19)11-3-6-17-8-9-20(30-17)21(25)26/h1-2,4-5,7-10,14-15H,3,6,11-13H2,(H,25,26). The van der Waals surface area contributed by atoms with Crippen LogP contribution in [0.15, 0.2) is 70.7 Å². The van der Waals surface area contributed by atoms with Crippen LogP contribution in [0.1, 0.15) is 21.0 Å². The van der Waals surface area contributed by atoms with Gasteiger partial charge < -0.3 is 5.11 Å². The third-order valence-electron chi connectivity index (χ3n) is 4.38. The highest BCUT2D eigenvalue weighted by Gasteiger charge is 2.24. The van der Waals surface area contributed by atoms with Crippen LogP contribution in [0, 0.1) is 0 Å². The van der Waals surface area contributed by atoms with Crippen molar-refractivity contribution >= 4 is 50.7 Å². The van der Waals surface area contributed by atoms with Gasteiger partial charge >= 0.3 is 5.97 Å². The zero-order chi connectivity index (χ0) is 22.3. The Morgan fingerprint density at radius 2 is 2.00 bits per heavy atom. The molecule has 0 saturated carbocycles. The smallest absolute Gasteiger partial charge is 0.345 e. The molecular formula is C21H21ClN2O4S3. The number of hydrogen-bond donors (Lipinski definition) is 1. The molecular weight excluding hydrogens is 476 g/mol. The number of sulfonamides is 1. The molecule has 3 rings (SSSR count). The van der Waals surface area contributed by atoms with E-state index in [1.807, 2.05) is 18.2 Å². The highest BCUT2D eigenvalue weighted by atomic mass is 35.5. The van der Waals surface area contributed by atoms with Crippen LogP contribution in [-0.4, -0.2) is 47.6 Å². The zero-order valence-electron chi connectivity index (χ0n) is 16.5. The first-order chi connectivity index (χ1) is 14.9. The number of carboxylic acid groups (broad SMARTS) is 1. The molecule has 0 aliphatic carbocycles. The minimum Gasteiger partial charge on any atom is -0.477 e. The molecule has 3 aromatic rings. The van der Waals surface area contributed by atoms with Gasteiger partial charge in [-0.1, -0.05) is 17.7 Å². The van der Waals surface area contributed by atoms with Crippen LogP contribution in [0.3, 0.4) is 0 Å². The van der Waals surface area contributed by atoms with Crippen molar-refractivity contribution in [1.29, 1.82) is 0 Å². The summed E-state index contributed by atoms with van der Waals surface area (Å²) in [7, 11) is -3.69. The van der Waals surface area contributed by atoms with E-state index < -0.39 is 16.0 Å². The van der Waals surface area contributed by atoms with Gasteiger partial charge in [0, 0.05) is 46.0 Å². The van der Waals surface area contributed by atoms with Crippen LogP contribution in [0.25, 0.3) is 0 Å². The van der Waals surface area contributed by atoms with Gasteiger partial charge in [0.2, 0.25) is 10.0 Å². The normalized spacial score (nSPS) is 11.7. The van der Waals surface area contributed by atoms with Gasteiger partial charge in [-0.05, 0) is 55.3 Å². The molecule has 0 bridgehead atoms. The van der Waals surface area contributed by atoms with E-state index in [0.29, 0.717) is 36.7 Å². The van der Waals surface area contributed by atoms with Gasteiger partial charge in [0.1, 0.15) is 9.77 Å². The molecule has 164 valence electrons. The fraction of sp³-hybridized carbons (Fsp3) is 0.238. The lowest BCUT2D eigenvalue weighted by atomic mass is 10.2. The summed E-state index contributed by atoms with van der Waals surface area (Å²) in [6.45, 7) is 0.660. The van der Waals surface area contributed by atoms with E-state index in [1.165, 1.54) is 34.1 Å². The minimum absolute atomic E-state index is 0.159. The molecule has 0 radical (unpaired) electrons. The number of aromatic carboxylic acids is 1. The lowest BCUT2D eigenvalue weighted by Crippen LogP contribution is -2.34. The molecule has 0 spiro atoms. The summed E-state index contributed by atoms with van der Waals surface area (Å²) in [4.78, 5) is 17.3. The summed E-state index contributed by atoms with van der Waals surface area (Å²) in [5.41, 5.74) is 0. The number of halogens is 1. The third-order valence-corrected chi connectivity index (χ3v) is 8.61. The maximum absolute atomic E-state index is 13.1. The second kappa shape index (κ2) is 11.1. The summed E-state index contributed by atoms with van der Waals surface area (Å²) < 4.78 is 27.8. The van der Waals surface area contributed by atoms with Crippen molar-refractivity contribution in [3.8, 4) is 0 Å². The number of benzene rings is 1. The monoisotopic (exact) mass is 496 g/mol. The summed E-state index contributed by atoms with van der Waals surface area (Å²) in [5, 5.41) is 9.70. The lowest BCUT2D eigenvalue weighted by molar-refractivity contribution is 0.0702. The molecule has 1 aromatic carbocycles. The number of thioether (sulfide) groups is 1. The number of carboxylic acids is 1. The van der Waals surface area contributed by atoms with Crippen molar-refractivity contribution < 1.29 is 18.3 Å². The van der Waals surface area contributed by atoms with Crippen LogP contribution >= 0.6 is 34.7 Å². The number of nitrogens with zero attached hydrogens (tertiary/aromatic N) is 2. The Morgan fingerprint density at radius 3 is 2.68 bits per heavy atom. The number of aryl methyl sites for hydroxylation is 1. The number of aromatic nitrogens is 1. The Balaban J connectivity index is 1.66. The zero-order valence-corrected chi connectivity index (χ0v) is 19.7. The fourth-order valence-corrected chi connectivity index (χ4v) is 6.52. The Bertz CT molecular complexity index is 1120. The Labute approximate surface area is 194 Å². The van der Waals surface area contributed by atoms with Crippen molar-refractivity contribution in [3.63, 3.8) is 0 Å². The minimum atomic E-state index is -3.69. The lowest BCUT2D eigenvalue weighted by Gasteiger charge is -2.22. The molecule has 0 saturated heterocycles. The summed E-state index contributed by atoms with van der Waals surface area (Å²) in [6, 6.07) is 13.9. The molecule has 0 fully saturated rings. The predicted octanol–water partition coefficient (Wildman–Crippen LogP) is 4.91. The van der Waals surface area contributed by atoms with Crippen molar-refractivity contribution in [1.82, 2.24) is 9.29 Å². The van der Waals surface area contributed by atoms with Gasteiger partial charge in [0.25, 0.3) is 0 Å². The number of carbonyl (C=O) groups is 1. The average molecular weight is 497 g/mol. The van der Waals surface area contributed by atoms with E-state index in [9.17, 15) is 13.2 Å². The van der Waals surface area contributed by atoms with Crippen molar-refractivity contribution in [2.45, 2.75) is 22.6 Å². The van der Waals surface area contributed by atoms with Crippen molar-refractivity contribution in [2.24, 2.45) is 0 Å². The average Bonchev–Trinajstić information content (AvgIpc) is 3.23. The quantitative estimate of drug-likeness (QED) is 0.379. The maximum Gasteiger partial charge on any atom is 0.345 e. The number of rotatable bonds is 11. The van der Waals surface area contributed by atoms with Gasteiger partial charge in [0.05, 0.1) is 0 Å². The van der Waals surface area contributed by atoms with Crippen molar-refractivity contribution in [3.05, 3.63) is 75.7 Å². The van der Waals surface area contributed by atoms with Gasteiger partial charge in [-0.3, -0.25) is 4.98 Å².